The molecular weight excluding hydrogens is 392 g/mol. The quantitative estimate of drug-likeness (QED) is 0.422. The Labute approximate surface area is 182 Å². The number of hydrogen-bond acceptors (Lipinski definition) is 6. The Morgan fingerprint density at radius 1 is 1.00 bits per heavy atom. The average Bonchev–Trinajstić information content (AvgIpc) is 3.36. The predicted molar refractivity (Wildman–Crippen MR) is 125 cm³/mol. The zero-order valence-electron chi connectivity index (χ0n) is 18.9. The molecule has 0 saturated carbocycles. The Balaban J connectivity index is 0.000000176. The largest absolute Gasteiger partial charge is 0.507 e. The number of aromatic hydroxyl groups is 1. The lowest BCUT2D eigenvalue weighted by atomic mass is 10.1. The summed E-state index contributed by atoms with van der Waals surface area (Å²) in [4.78, 5) is 11.7. The highest BCUT2D eigenvalue weighted by Crippen LogP contribution is 2.27. The van der Waals surface area contributed by atoms with Crippen molar-refractivity contribution in [2.45, 2.75) is 12.8 Å². The molecule has 0 radical (unpaired) electrons. The van der Waals surface area contributed by atoms with Gasteiger partial charge in [-0.1, -0.05) is 6.07 Å². The van der Waals surface area contributed by atoms with Crippen LogP contribution in [0.25, 0.3) is 21.9 Å². The Kier molecular flexibility index (Phi) is 7.49. The van der Waals surface area contributed by atoms with E-state index >= 15 is 0 Å². The predicted octanol–water partition coefficient (Wildman–Crippen LogP) is 3.05. The standard InChI is InChI=1S/C12H17N3O.C11H15N3O/c1-15(2)7-5-9-8-14-12-11(9)10(16-3)4-6-13-12;1-14(2)7-6-9-11-8(12-13-9)4-3-5-10(11)15/h4,6,8H,5,7H2,1-3H3,(H,13,14);3-5,15H,6-7H2,1-2H3,(H,12,13). The van der Waals surface area contributed by atoms with E-state index in [2.05, 4.69) is 44.1 Å². The van der Waals surface area contributed by atoms with Gasteiger partial charge in [0.15, 0.2) is 0 Å². The molecule has 0 atom stereocenters. The molecule has 8 nitrogen and oxygen atoms in total. The third-order valence-corrected chi connectivity index (χ3v) is 5.11. The van der Waals surface area contributed by atoms with Crippen molar-refractivity contribution >= 4 is 21.9 Å². The number of H-pyrrole nitrogens is 2. The first kappa shape index (κ1) is 22.6. The summed E-state index contributed by atoms with van der Waals surface area (Å²) in [6.45, 7) is 1.95. The second-order valence-corrected chi connectivity index (χ2v) is 8.03. The number of aromatic nitrogens is 4. The molecule has 0 aliphatic carbocycles. The number of rotatable bonds is 7. The monoisotopic (exact) mass is 424 g/mol. The molecular formula is C23H32N6O2. The van der Waals surface area contributed by atoms with Crippen molar-refractivity contribution in [1.29, 1.82) is 0 Å². The number of nitrogens with one attached hydrogen (secondary N) is 2. The SMILES string of the molecule is CN(C)CCc1[nH]nc2cccc(O)c12.COc1ccnc2[nH]cc(CCN(C)C)c12. The summed E-state index contributed by atoms with van der Waals surface area (Å²) in [5.41, 5.74) is 3.97. The number of ether oxygens (including phenoxy) is 1. The van der Waals surface area contributed by atoms with Gasteiger partial charge in [0.25, 0.3) is 0 Å². The van der Waals surface area contributed by atoms with E-state index in [1.807, 2.05) is 32.4 Å². The smallest absolute Gasteiger partial charge is 0.141 e. The fourth-order valence-electron chi connectivity index (χ4n) is 3.43. The summed E-state index contributed by atoms with van der Waals surface area (Å²) in [6.07, 6.45) is 5.63. The minimum Gasteiger partial charge on any atom is -0.507 e. The zero-order valence-corrected chi connectivity index (χ0v) is 18.9. The number of phenolic OH excluding ortho intramolecular Hbond substituents is 1. The highest BCUT2D eigenvalue weighted by atomic mass is 16.5. The van der Waals surface area contributed by atoms with Crippen molar-refractivity contribution < 1.29 is 9.84 Å². The highest BCUT2D eigenvalue weighted by Gasteiger charge is 2.10. The van der Waals surface area contributed by atoms with Crippen LogP contribution in [0.2, 0.25) is 0 Å². The van der Waals surface area contributed by atoms with E-state index in [1.54, 1.807) is 25.4 Å². The Morgan fingerprint density at radius 3 is 2.45 bits per heavy atom. The lowest BCUT2D eigenvalue weighted by molar-refractivity contribution is 0.411. The first-order chi connectivity index (χ1) is 14.9. The van der Waals surface area contributed by atoms with Crippen LogP contribution in [0.5, 0.6) is 11.5 Å². The molecule has 0 aliphatic rings. The molecule has 3 N–H and O–H groups in total. The van der Waals surface area contributed by atoms with Crippen molar-refractivity contribution in [3.8, 4) is 11.5 Å². The van der Waals surface area contributed by atoms with E-state index in [0.29, 0.717) is 5.75 Å². The van der Waals surface area contributed by atoms with Gasteiger partial charge in [-0.25, -0.2) is 4.98 Å². The maximum absolute atomic E-state index is 9.73. The Bertz CT molecular complexity index is 1120. The summed E-state index contributed by atoms with van der Waals surface area (Å²) >= 11 is 0. The van der Waals surface area contributed by atoms with E-state index in [4.69, 9.17) is 4.74 Å². The Morgan fingerprint density at radius 2 is 1.74 bits per heavy atom. The molecule has 0 spiro atoms. The number of fused-ring (bicyclic) bond motifs is 2. The minimum absolute atomic E-state index is 0.301. The van der Waals surface area contributed by atoms with E-state index in [0.717, 1.165) is 59.3 Å². The van der Waals surface area contributed by atoms with E-state index < -0.39 is 0 Å². The van der Waals surface area contributed by atoms with Crippen LogP contribution in [0.4, 0.5) is 0 Å². The van der Waals surface area contributed by atoms with Crippen LogP contribution in [0.15, 0.2) is 36.7 Å². The molecule has 166 valence electrons. The highest BCUT2D eigenvalue weighted by molar-refractivity contribution is 5.87. The Hall–Kier alpha value is -3.10. The first-order valence-corrected chi connectivity index (χ1v) is 10.3. The van der Waals surface area contributed by atoms with Gasteiger partial charge in [0.2, 0.25) is 0 Å². The fourth-order valence-corrected chi connectivity index (χ4v) is 3.43. The maximum Gasteiger partial charge on any atom is 0.141 e. The summed E-state index contributed by atoms with van der Waals surface area (Å²) in [6, 6.07) is 7.28. The topological polar surface area (TPSA) is 93.3 Å². The number of benzene rings is 1. The van der Waals surface area contributed by atoms with Gasteiger partial charge in [-0.2, -0.15) is 5.10 Å². The first-order valence-electron chi connectivity index (χ1n) is 10.3. The van der Waals surface area contributed by atoms with Crippen LogP contribution in [-0.2, 0) is 12.8 Å². The number of pyridine rings is 1. The number of hydrogen-bond donors (Lipinski definition) is 3. The van der Waals surface area contributed by atoms with Crippen molar-refractivity contribution in [1.82, 2.24) is 30.0 Å². The van der Waals surface area contributed by atoms with Crippen LogP contribution in [-0.4, -0.2) is 83.5 Å². The molecule has 3 heterocycles. The molecule has 4 rings (SSSR count). The fraction of sp³-hybridized carbons (Fsp3) is 0.391. The molecule has 0 unspecified atom stereocenters. The summed E-state index contributed by atoms with van der Waals surface area (Å²) < 4.78 is 5.36. The lowest BCUT2D eigenvalue weighted by Gasteiger charge is -2.09. The lowest BCUT2D eigenvalue weighted by Crippen LogP contribution is -2.15. The van der Waals surface area contributed by atoms with Crippen LogP contribution in [0.1, 0.15) is 11.3 Å². The molecule has 0 aliphatic heterocycles. The van der Waals surface area contributed by atoms with Crippen molar-refractivity contribution in [2.75, 3.05) is 48.4 Å². The van der Waals surface area contributed by atoms with Gasteiger partial charge in [-0.3, -0.25) is 5.10 Å². The summed E-state index contributed by atoms with van der Waals surface area (Å²) in [7, 11) is 9.89. The number of nitrogens with zero attached hydrogens (tertiary/aromatic N) is 4. The number of phenols is 1. The molecule has 0 amide bonds. The van der Waals surface area contributed by atoms with Gasteiger partial charge in [0.05, 0.1) is 23.4 Å². The molecule has 0 bridgehead atoms. The molecule has 3 aromatic heterocycles. The van der Waals surface area contributed by atoms with Crippen LogP contribution in [0.3, 0.4) is 0 Å². The zero-order chi connectivity index (χ0) is 22.4. The number of methoxy groups -OCH3 is 1. The maximum atomic E-state index is 9.73. The molecule has 8 heteroatoms. The van der Waals surface area contributed by atoms with Crippen molar-refractivity contribution in [3.05, 3.63) is 47.9 Å². The normalized spacial score (nSPS) is 11.3. The van der Waals surface area contributed by atoms with Gasteiger partial charge in [-0.15, -0.1) is 0 Å². The van der Waals surface area contributed by atoms with Crippen LogP contribution < -0.4 is 4.74 Å². The van der Waals surface area contributed by atoms with Crippen LogP contribution >= 0.6 is 0 Å². The van der Waals surface area contributed by atoms with Crippen molar-refractivity contribution in [2.24, 2.45) is 0 Å². The van der Waals surface area contributed by atoms with E-state index in [-0.39, 0.29) is 0 Å². The molecule has 31 heavy (non-hydrogen) atoms. The third-order valence-electron chi connectivity index (χ3n) is 5.11. The summed E-state index contributed by atoms with van der Waals surface area (Å²) in [5, 5.41) is 18.8. The molecule has 0 saturated heterocycles. The second kappa shape index (κ2) is 10.3. The van der Waals surface area contributed by atoms with Gasteiger partial charge >= 0.3 is 0 Å². The molecule has 1 aromatic carbocycles. The second-order valence-electron chi connectivity index (χ2n) is 8.03. The van der Waals surface area contributed by atoms with Crippen molar-refractivity contribution in [3.63, 3.8) is 0 Å². The van der Waals surface area contributed by atoms with Gasteiger partial charge < -0.3 is 24.6 Å². The van der Waals surface area contributed by atoms with E-state index in [9.17, 15) is 5.11 Å². The molecule has 4 aromatic rings. The number of aromatic amines is 2. The van der Waals surface area contributed by atoms with E-state index in [1.165, 1.54) is 5.56 Å². The van der Waals surface area contributed by atoms with Gasteiger partial charge in [0, 0.05) is 37.6 Å². The van der Waals surface area contributed by atoms with Gasteiger partial charge in [0.1, 0.15) is 17.1 Å². The average molecular weight is 425 g/mol. The van der Waals surface area contributed by atoms with Gasteiger partial charge in [-0.05, 0) is 58.4 Å². The number of likely N-dealkylation sites (N-methyl/N-ethyl adjacent to an activating group) is 2. The molecule has 0 fully saturated rings. The minimum atomic E-state index is 0.301. The third kappa shape index (κ3) is 5.53. The van der Waals surface area contributed by atoms with Crippen LogP contribution in [0, 0.1) is 0 Å². The summed E-state index contributed by atoms with van der Waals surface area (Å²) in [5.74, 6) is 1.19.